The number of aromatic hydroxyl groups is 2. The summed E-state index contributed by atoms with van der Waals surface area (Å²) >= 11 is 0. The minimum atomic E-state index is -1.06. The van der Waals surface area contributed by atoms with Crippen molar-refractivity contribution in [2.45, 2.75) is 65.4 Å². The van der Waals surface area contributed by atoms with Crippen LogP contribution in [0.2, 0.25) is 0 Å². The fraction of sp³-hybridized carbons (Fsp3) is 0.500. The van der Waals surface area contributed by atoms with Crippen LogP contribution in [0.5, 0.6) is 11.5 Å². The molecule has 0 aliphatic carbocycles. The van der Waals surface area contributed by atoms with Crippen molar-refractivity contribution in [1.82, 2.24) is 25.3 Å². The summed E-state index contributed by atoms with van der Waals surface area (Å²) in [5, 5.41) is 66.0. The van der Waals surface area contributed by atoms with Crippen LogP contribution in [0, 0.1) is 13.8 Å². The molecule has 0 amide bonds. The number of aliphatic hydroxyl groups is 4. The van der Waals surface area contributed by atoms with Gasteiger partial charge in [-0.15, -0.1) is 0 Å². The van der Waals surface area contributed by atoms with Gasteiger partial charge < -0.3 is 30.6 Å². The highest BCUT2D eigenvalue weighted by Crippen LogP contribution is 2.28. The number of rotatable bonds is 14. The second-order valence-electron chi connectivity index (χ2n) is 12.7. The van der Waals surface area contributed by atoms with Crippen molar-refractivity contribution < 1.29 is 30.6 Å². The number of benzene rings is 3. The molecule has 4 rings (SSSR count). The number of hydrogen-bond donors (Lipinski definition) is 8. The van der Waals surface area contributed by atoms with Crippen LogP contribution in [-0.4, -0.2) is 110 Å². The summed E-state index contributed by atoms with van der Waals surface area (Å²) in [6.07, 6.45) is -1.14. The number of hydrogen-bond acceptors (Lipinski definition) is 11. The monoisotopic (exact) mass is 651 g/mol. The van der Waals surface area contributed by atoms with E-state index in [0.717, 1.165) is 74.5 Å². The summed E-state index contributed by atoms with van der Waals surface area (Å²) in [7, 11) is 0. The molecule has 2 atom stereocenters. The summed E-state index contributed by atoms with van der Waals surface area (Å²) in [6.45, 7) is 10.6. The molecule has 1 aliphatic rings. The fourth-order valence-electron chi connectivity index (χ4n) is 6.18. The van der Waals surface area contributed by atoms with E-state index in [9.17, 15) is 30.6 Å². The van der Waals surface area contributed by atoms with E-state index in [1.807, 2.05) is 44.2 Å². The quantitative estimate of drug-likeness (QED) is 0.120. The maximum Gasteiger partial charge on any atom is 0.128 e. The maximum absolute atomic E-state index is 11.2. The molecule has 8 N–H and O–H groups in total. The summed E-state index contributed by atoms with van der Waals surface area (Å²) < 4.78 is 0. The summed E-state index contributed by atoms with van der Waals surface area (Å²) in [6, 6.07) is 18.3. The molecule has 1 fully saturated rings. The van der Waals surface area contributed by atoms with E-state index < -0.39 is 25.7 Å². The largest absolute Gasteiger partial charge is 0.507 e. The van der Waals surface area contributed by atoms with Gasteiger partial charge in [-0.1, -0.05) is 65.7 Å². The minimum Gasteiger partial charge on any atom is -0.507 e. The number of nitrogens with zero attached hydrogens (tertiary/aromatic N) is 3. The van der Waals surface area contributed by atoms with E-state index >= 15 is 0 Å². The normalized spacial score (nSPS) is 17.1. The fourth-order valence-corrected chi connectivity index (χ4v) is 6.18. The lowest BCUT2D eigenvalue weighted by atomic mass is 10.0. The van der Waals surface area contributed by atoms with Crippen LogP contribution in [0.3, 0.4) is 0 Å². The van der Waals surface area contributed by atoms with E-state index in [-0.39, 0.29) is 24.6 Å². The molecule has 0 saturated carbocycles. The van der Waals surface area contributed by atoms with Crippen LogP contribution < -0.4 is 10.6 Å². The van der Waals surface area contributed by atoms with Crippen molar-refractivity contribution in [3.63, 3.8) is 0 Å². The molecule has 11 nitrogen and oxygen atoms in total. The molecule has 2 unspecified atom stereocenters. The van der Waals surface area contributed by atoms with Crippen LogP contribution in [0.4, 0.5) is 0 Å². The van der Waals surface area contributed by atoms with Gasteiger partial charge in [-0.25, -0.2) is 0 Å². The SMILES string of the molecule is Cc1cc(CNC(O)CO)c(O)c(CN2CCCN(Cc3ccccc3)CCN(Cc3cc(C)cc(CNC(O)CO)c3O)CC2)c1. The molecule has 0 aromatic heterocycles. The Morgan fingerprint density at radius 2 is 1.00 bits per heavy atom. The van der Waals surface area contributed by atoms with Gasteiger partial charge in [-0.3, -0.25) is 25.3 Å². The number of phenolic OH excluding ortho intramolecular Hbond substituents is 2. The van der Waals surface area contributed by atoms with Gasteiger partial charge in [0.2, 0.25) is 0 Å². The highest BCUT2D eigenvalue weighted by Gasteiger charge is 2.20. The molecule has 3 aromatic carbocycles. The number of aliphatic hydroxyl groups excluding tert-OH is 4. The predicted molar refractivity (Wildman–Crippen MR) is 182 cm³/mol. The summed E-state index contributed by atoms with van der Waals surface area (Å²) in [5.74, 6) is 0.394. The van der Waals surface area contributed by atoms with E-state index in [1.165, 1.54) is 5.56 Å². The number of phenols is 2. The molecule has 11 heteroatoms. The lowest BCUT2D eigenvalue weighted by Crippen LogP contribution is -2.42. The summed E-state index contributed by atoms with van der Waals surface area (Å²) in [4.78, 5) is 7.22. The summed E-state index contributed by atoms with van der Waals surface area (Å²) in [5.41, 5.74) is 6.28. The second-order valence-corrected chi connectivity index (χ2v) is 12.7. The van der Waals surface area contributed by atoms with Crippen LogP contribution >= 0.6 is 0 Å². The highest BCUT2D eigenvalue weighted by atomic mass is 16.3. The molecule has 258 valence electrons. The van der Waals surface area contributed by atoms with Gasteiger partial charge in [-0.05, 0) is 38.9 Å². The zero-order chi connectivity index (χ0) is 33.8. The molecule has 0 spiro atoms. The minimum absolute atomic E-state index is 0.195. The van der Waals surface area contributed by atoms with E-state index in [0.29, 0.717) is 24.2 Å². The van der Waals surface area contributed by atoms with E-state index in [1.54, 1.807) is 0 Å². The third kappa shape index (κ3) is 11.5. The first-order valence-electron chi connectivity index (χ1n) is 16.5. The van der Waals surface area contributed by atoms with Crippen molar-refractivity contribution in [3.05, 3.63) is 93.5 Å². The third-order valence-corrected chi connectivity index (χ3v) is 8.68. The van der Waals surface area contributed by atoms with Gasteiger partial charge in [-0.2, -0.15) is 0 Å². The Labute approximate surface area is 278 Å². The molecule has 1 aliphatic heterocycles. The van der Waals surface area contributed by atoms with Crippen LogP contribution in [0.1, 0.15) is 45.4 Å². The highest BCUT2D eigenvalue weighted by molar-refractivity contribution is 5.44. The maximum atomic E-state index is 11.2. The zero-order valence-corrected chi connectivity index (χ0v) is 27.8. The molecule has 47 heavy (non-hydrogen) atoms. The third-order valence-electron chi connectivity index (χ3n) is 8.68. The second kappa shape index (κ2) is 18.4. The molecular formula is C36H53N5O6. The Kier molecular flexibility index (Phi) is 14.4. The Bertz CT molecular complexity index is 1390. The van der Waals surface area contributed by atoms with E-state index in [2.05, 4.69) is 49.6 Å². The molecule has 0 radical (unpaired) electrons. The zero-order valence-electron chi connectivity index (χ0n) is 27.8. The van der Waals surface area contributed by atoms with Gasteiger partial charge in [0.15, 0.2) is 0 Å². The predicted octanol–water partition coefficient (Wildman–Crippen LogP) is 1.73. The van der Waals surface area contributed by atoms with E-state index in [4.69, 9.17) is 0 Å². The smallest absolute Gasteiger partial charge is 0.128 e. The van der Waals surface area contributed by atoms with Gasteiger partial charge in [0.05, 0.1) is 13.2 Å². The standard InChI is InChI=1S/C36H53N5O6/c1-26-15-29(19-37-33(44)24-42)35(46)31(17-26)22-40-10-6-9-39(21-28-7-4-3-5-8-28)11-13-41(14-12-40)23-32-18-27(2)16-30(36(32)47)20-38-34(45)25-43/h3-5,7-8,15-18,33-34,37-38,42-47H,6,9-14,19-25H2,1-2H3. The van der Waals surface area contributed by atoms with Gasteiger partial charge >= 0.3 is 0 Å². The average Bonchev–Trinajstić information content (AvgIpc) is 3.06. The van der Waals surface area contributed by atoms with Crippen molar-refractivity contribution in [1.29, 1.82) is 0 Å². The van der Waals surface area contributed by atoms with Crippen molar-refractivity contribution in [2.24, 2.45) is 0 Å². The average molecular weight is 652 g/mol. The Hall–Kier alpha value is -3.10. The van der Waals surface area contributed by atoms with Crippen molar-refractivity contribution >= 4 is 0 Å². The molecule has 0 bridgehead atoms. The number of nitrogens with one attached hydrogen (secondary N) is 2. The van der Waals surface area contributed by atoms with Crippen LogP contribution in [-0.2, 0) is 32.7 Å². The first-order valence-corrected chi connectivity index (χ1v) is 16.5. The lowest BCUT2D eigenvalue weighted by Gasteiger charge is -2.33. The van der Waals surface area contributed by atoms with Crippen LogP contribution in [0.25, 0.3) is 0 Å². The molecule has 1 heterocycles. The van der Waals surface area contributed by atoms with Crippen LogP contribution in [0.15, 0.2) is 54.6 Å². The van der Waals surface area contributed by atoms with Gasteiger partial charge in [0.25, 0.3) is 0 Å². The Morgan fingerprint density at radius 3 is 1.45 bits per heavy atom. The molecule has 1 saturated heterocycles. The lowest BCUT2D eigenvalue weighted by molar-refractivity contribution is 0.0663. The molecule has 3 aromatic rings. The van der Waals surface area contributed by atoms with Gasteiger partial charge in [0.1, 0.15) is 24.0 Å². The topological polar surface area (TPSA) is 155 Å². The number of aryl methyl sites for hydroxylation is 2. The first-order chi connectivity index (χ1) is 22.6. The Balaban J connectivity index is 1.54. The van der Waals surface area contributed by atoms with Crippen molar-refractivity contribution in [3.8, 4) is 11.5 Å². The van der Waals surface area contributed by atoms with Gasteiger partial charge in [0, 0.05) is 81.2 Å². The van der Waals surface area contributed by atoms with Crippen molar-refractivity contribution in [2.75, 3.05) is 52.5 Å². The molecular weight excluding hydrogens is 598 g/mol. The first kappa shape index (κ1) is 36.7. The Morgan fingerprint density at radius 1 is 0.596 bits per heavy atom.